The van der Waals surface area contributed by atoms with Gasteiger partial charge in [-0.15, -0.1) is 0 Å². The van der Waals surface area contributed by atoms with Gasteiger partial charge < -0.3 is 9.73 Å². The Hall–Kier alpha value is -1.54. The monoisotopic (exact) mass is 241 g/mol. The van der Waals surface area contributed by atoms with Gasteiger partial charge in [0, 0.05) is 18.0 Å². The fourth-order valence-corrected chi connectivity index (χ4v) is 2.73. The minimum Gasteiger partial charge on any atom is -0.469 e. The van der Waals surface area contributed by atoms with Crippen LogP contribution < -0.4 is 5.32 Å². The molecule has 1 N–H and O–H groups in total. The molecule has 1 atom stereocenters. The SMILES string of the molecule is c1ccc(CCNC2CCCc3occc32)cc1. The number of furan rings is 1. The molecule has 1 aromatic heterocycles. The molecule has 1 unspecified atom stereocenters. The highest BCUT2D eigenvalue weighted by Crippen LogP contribution is 2.30. The third kappa shape index (κ3) is 2.49. The van der Waals surface area contributed by atoms with Gasteiger partial charge >= 0.3 is 0 Å². The molecule has 2 heteroatoms. The summed E-state index contributed by atoms with van der Waals surface area (Å²) in [5.74, 6) is 1.18. The standard InChI is InChI=1S/C16H19NO/c1-2-5-13(6-3-1)9-11-17-15-7-4-8-16-14(15)10-12-18-16/h1-3,5-6,10,12,15,17H,4,7-9,11H2. The zero-order valence-electron chi connectivity index (χ0n) is 10.6. The van der Waals surface area contributed by atoms with E-state index in [1.54, 1.807) is 0 Å². The van der Waals surface area contributed by atoms with Crippen LogP contribution in [0.25, 0.3) is 0 Å². The minimum absolute atomic E-state index is 0.483. The Morgan fingerprint density at radius 2 is 2.06 bits per heavy atom. The molecular formula is C16H19NO. The van der Waals surface area contributed by atoms with Gasteiger partial charge in [-0.1, -0.05) is 30.3 Å². The second kappa shape index (κ2) is 5.40. The van der Waals surface area contributed by atoms with Gasteiger partial charge in [-0.3, -0.25) is 0 Å². The fraction of sp³-hybridized carbons (Fsp3) is 0.375. The Bertz CT molecular complexity index is 489. The molecule has 2 nitrogen and oxygen atoms in total. The lowest BCUT2D eigenvalue weighted by Crippen LogP contribution is -2.26. The molecule has 0 amide bonds. The molecule has 2 aromatic rings. The van der Waals surface area contributed by atoms with E-state index in [1.807, 2.05) is 6.26 Å². The van der Waals surface area contributed by atoms with Crippen molar-refractivity contribution in [1.82, 2.24) is 5.32 Å². The second-order valence-electron chi connectivity index (χ2n) is 4.93. The molecule has 0 spiro atoms. The van der Waals surface area contributed by atoms with E-state index in [2.05, 4.69) is 41.7 Å². The van der Waals surface area contributed by atoms with Gasteiger partial charge in [-0.05, 0) is 37.4 Å². The van der Waals surface area contributed by atoms with Crippen molar-refractivity contribution in [3.8, 4) is 0 Å². The van der Waals surface area contributed by atoms with E-state index < -0.39 is 0 Å². The van der Waals surface area contributed by atoms with Crippen LogP contribution in [0.5, 0.6) is 0 Å². The van der Waals surface area contributed by atoms with Gasteiger partial charge in [-0.2, -0.15) is 0 Å². The third-order valence-electron chi connectivity index (χ3n) is 3.70. The van der Waals surface area contributed by atoms with E-state index >= 15 is 0 Å². The molecule has 18 heavy (non-hydrogen) atoms. The molecular weight excluding hydrogens is 222 g/mol. The van der Waals surface area contributed by atoms with Crippen LogP contribution in [-0.2, 0) is 12.8 Å². The first kappa shape index (κ1) is 11.5. The Morgan fingerprint density at radius 3 is 2.94 bits per heavy atom. The first-order valence-corrected chi connectivity index (χ1v) is 6.77. The molecule has 0 fully saturated rings. The normalized spacial score (nSPS) is 18.6. The predicted octanol–water partition coefficient (Wildman–Crippen LogP) is 3.49. The number of benzene rings is 1. The largest absolute Gasteiger partial charge is 0.469 e. The zero-order chi connectivity index (χ0) is 12.2. The molecule has 1 aliphatic carbocycles. The first-order chi connectivity index (χ1) is 8.93. The summed E-state index contributed by atoms with van der Waals surface area (Å²) in [5, 5.41) is 3.65. The van der Waals surface area contributed by atoms with E-state index in [0.717, 1.165) is 19.4 Å². The minimum atomic E-state index is 0.483. The molecule has 94 valence electrons. The molecule has 0 saturated heterocycles. The highest BCUT2D eigenvalue weighted by Gasteiger charge is 2.21. The van der Waals surface area contributed by atoms with Crippen molar-refractivity contribution in [1.29, 1.82) is 0 Å². The highest BCUT2D eigenvalue weighted by molar-refractivity contribution is 5.24. The lowest BCUT2D eigenvalue weighted by Gasteiger charge is -2.22. The van der Waals surface area contributed by atoms with Gasteiger partial charge in [0.2, 0.25) is 0 Å². The quantitative estimate of drug-likeness (QED) is 0.886. The Morgan fingerprint density at radius 1 is 1.17 bits per heavy atom. The molecule has 0 radical (unpaired) electrons. The van der Waals surface area contributed by atoms with E-state index in [1.165, 1.54) is 29.7 Å². The van der Waals surface area contributed by atoms with Crippen molar-refractivity contribution < 1.29 is 4.42 Å². The molecule has 1 aromatic carbocycles. The van der Waals surface area contributed by atoms with E-state index in [4.69, 9.17) is 4.42 Å². The predicted molar refractivity (Wildman–Crippen MR) is 72.5 cm³/mol. The summed E-state index contributed by atoms with van der Waals surface area (Å²) in [7, 11) is 0. The zero-order valence-corrected chi connectivity index (χ0v) is 10.6. The summed E-state index contributed by atoms with van der Waals surface area (Å²) < 4.78 is 5.51. The molecule has 1 heterocycles. The Labute approximate surface area is 108 Å². The average molecular weight is 241 g/mol. The first-order valence-electron chi connectivity index (χ1n) is 6.77. The Balaban J connectivity index is 1.56. The summed E-state index contributed by atoms with van der Waals surface area (Å²) in [5.41, 5.74) is 2.77. The Kier molecular flexibility index (Phi) is 3.47. The number of nitrogens with one attached hydrogen (secondary N) is 1. The van der Waals surface area contributed by atoms with Crippen LogP contribution in [-0.4, -0.2) is 6.54 Å². The van der Waals surface area contributed by atoms with Gasteiger partial charge in [0.25, 0.3) is 0 Å². The van der Waals surface area contributed by atoms with E-state index in [9.17, 15) is 0 Å². The molecule has 1 aliphatic rings. The fourth-order valence-electron chi connectivity index (χ4n) is 2.73. The maximum absolute atomic E-state index is 5.51. The summed E-state index contributed by atoms with van der Waals surface area (Å²) in [6.07, 6.45) is 6.45. The van der Waals surface area contributed by atoms with Crippen molar-refractivity contribution in [2.24, 2.45) is 0 Å². The summed E-state index contributed by atoms with van der Waals surface area (Å²) in [6, 6.07) is 13.2. The van der Waals surface area contributed by atoms with Crippen LogP contribution in [0.3, 0.4) is 0 Å². The van der Waals surface area contributed by atoms with Crippen LogP contribution in [0.15, 0.2) is 47.1 Å². The van der Waals surface area contributed by atoms with Gasteiger partial charge in [0.15, 0.2) is 0 Å². The maximum atomic E-state index is 5.51. The third-order valence-corrected chi connectivity index (χ3v) is 3.70. The summed E-state index contributed by atoms with van der Waals surface area (Å²) >= 11 is 0. The van der Waals surface area contributed by atoms with E-state index in [0.29, 0.717) is 6.04 Å². The molecule has 0 bridgehead atoms. The van der Waals surface area contributed by atoms with Crippen molar-refractivity contribution in [3.63, 3.8) is 0 Å². The van der Waals surface area contributed by atoms with Crippen molar-refractivity contribution in [2.75, 3.05) is 6.54 Å². The van der Waals surface area contributed by atoms with Gasteiger partial charge in [0.05, 0.1) is 6.26 Å². The molecule has 3 rings (SSSR count). The summed E-state index contributed by atoms with van der Waals surface area (Å²) in [6.45, 7) is 1.03. The number of fused-ring (bicyclic) bond motifs is 1. The smallest absolute Gasteiger partial charge is 0.108 e. The summed E-state index contributed by atoms with van der Waals surface area (Å²) in [4.78, 5) is 0. The van der Waals surface area contributed by atoms with Gasteiger partial charge in [0.1, 0.15) is 5.76 Å². The number of hydrogen-bond acceptors (Lipinski definition) is 2. The topological polar surface area (TPSA) is 25.2 Å². The number of hydrogen-bond donors (Lipinski definition) is 1. The molecule has 0 saturated carbocycles. The highest BCUT2D eigenvalue weighted by atomic mass is 16.3. The van der Waals surface area contributed by atoms with Crippen LogP contribution >= 0.6 is 0 Å². The van der Waals surface area contributed by atoms with Crippen molar-refractivity contribution in [3.05, 3.63) is 59.5 Å². The van der Waals surface area contributed by atoms with Gasteiger partial charge in [-0.25, -0.2) is 0 Å². The second-order valence-corrected chi connectivity index (χ2v) is 4.93. The van der Waals surface area contributed by atoms with Crippen LogP contribution in [0, 0.1) is 0 Å². The maximum Gasteiger partial charge on any atom is 0.108 e. The van der Waals surface area contributed by atoms with Crippen LogP contribution in [0.4, 0.5) is 0 Å². The lowest BCUT2D eigenvalue weighted by atomic mass is 9.93. The van der Waals surface area contributed by atoms with Crippen LogP contribution in [0.1, 0.15) is 35.8 Å². The number of rotatable bonds is 4. The lowest BCUT2D eigenvalue weighted by molar-refractivity contribution is 0.413. The van der Waals surface area contributed by atoms with Crippen LogP contribution in [0.2, 0.25) is 0 Å². The van der Waals surface area contributed by atoms with E-state index in [-0.39, 0.29) is 0 Å². The average Bonchev–Trinajstić information content (AvgIpc) is 2.89. The van der Waals surface area contributed by atoms with Crippen molar-refractivity contribution in [2.45, 2.75) is 31.7 Å². The molecule has 0 aliphatic heterocycles. The van der Waals surface area contributed by atoms with Crippen molar-refractivity contribution >= 4 is 0 Å². The number of aryl methyl sites for hydroxylation is 1.